The SMILES string of the molecule is O=C(Nc1ccc(NS(=O)(=O)/C=C/c2ccc(Cl)cc2)cc1)NC1CC1. The average Bonchev–Trinajstić information content (AvgIpc) is 3.40. The summed E-state index contributed by atoms with van der Waals surface area (Å²) in [5.41, 5.74) is 1.71. The van der Waals surface area contributed by atoms with Crippen LogP contribution in [0.5, 0.6) is 0 Å². The van der Waals surface area contributed by atoms with E-state index in [1.54, 1.807) is 48.5 Å². The zero-order chi connectivity index (χ0) is 18.6. The second kappa shape index (κ2) is 7.80. The molecule has 0 saturated heterocycles. The van der Waals surface area contributed by atoms with Crippen molar-refractivity contribution in [2.75, 3.05) is 10.0 Å². The minimum Gasteiger partial charge on any atom is -0.335 e. The topological polar surface area (TPSA) is 87.3 Å². The largest absolute Gasteiger partial charge is 0.335 e. The lowest BCUT2D eigenvalue weighted by Gasteiger charge is -2.08. The van der Waals surface area contributed by atoms with E-state index in [0.29, 0.717) is 16.4 Å². The zero-order valence-electron chi connectivity index (χ0n) is 13.8. The maximum absolute atomic E-state index is 12.1. The highest BCUT2D eigenvalue weighted by Gasteiger charge is 2.23. The Morgan fingerprint density at radius 3 is 2.23 bits per heavy atom. The average molecular weight is 392 g/mol. The third-order valence-electron chi connectivity index (χ3n) is 3.63. The molecule has 2 amide bonds. The van der Waals surface area contributed by atoms with Gasteiger partial charge in [-0.2, -0.15) is 0 Å². The number of carbonyl (C=O) groups is 1. The van der Waals surface area contributed by atoms with E-state index < -0.39 is 10.0 Å². The Kier molecular flexibility index (Phi) is 5.49. The summed E-state index contributed by atoms with van der Waals surface area (Å²) < 4.78 is 26.7. The molecule has 0 heterocycles. The van der Waals surface area contributed by atoms with Crippen molar-refractivity contribution in [3.63, 3.8) is 0 Å². The Morgan fingerprint density at radius 2 is 1.62 bits per heavy atom. The maximum atomic E-state index is 12.1. The number of nitrogens with one attached hydrogen (secondary N) is 3. The molecule has 0 radical (unpaired) electrons. The van der Waals surface area contributed by atoms with Gasteiger partial charge in [0.2, 0.25) is 0 Å². The smallest absolute Gasteiger partial charge is 0.319 e. The highest BCUT2D eigenvalue weighted by molar-refractivity contribution is 7.95. The normalized spacial score (nSPS) is 14.2. The van der Waals surface area contributed by atoms with Gasteiger partial charge < -0.3 is 10.6 Å². The Bertz CT molecular complexity index is 906. The third-order valence-corrected chi connectivity index (χ3v) is 4.89. The summed E-state index contributed by atoms with van der Waals surface area (Å²) in [6.45, 7) is 0. The molecule has 1 saturated carbocycles. The molecule has 2 aromatic carbocycles. The van der Waals surface area contributed by atoms with Gasteiger partial charge in [0.15, 0.2) is 0 Å². The Labute approximate surface area is 157 Å². The van der Waals surface area contributed by atoms with E-state index in [1.165, 1.54) is 6.08 Å². The van der Waals surface area contributed by atoms with Crippen LogP contribution < -0.4 is 15.4 Å². The van der Waals surface area contributed by atoms with Crippen molar-refractivity contribution >= 4 is 45.1 Å². The predicted octanol–water partition coefficient (Wildman–Crippen LogP) is 4.04. The van der Waals surface area contributed by atoms with Crippen LogP contribution in [0, 0.1) is 0 Å². The highest BCUT2D eigenvalue weighted by atomic mass is 35.5. The van der Waals surface area contributed by atoms with Gasteiger partial charge in [-0.15, -0.1) is 0 Å². The number of halogens is 1. The molecule has 3 rings (SSSR count). The minimum absolute atomic E-state index is 0.258. The molecular weight excluding hydrogens is 374 g/mol. The number of benzene rings is 2. The maximum Gasteiger partial charge on any atom is 0.319 e. The molecule has 0 unspecified atom stereocenters. The van der Waals surface area contributed by atoms with Crippen molar-refractivity contribution in [2.24, 2.45) is 0 Å². The van der Waals surface area contributed by atoms with E-state index in [4.69, 9.17) is 11.6 Å². The number of hydrogen-bond donors (Lipinski definition) is 3. The second-order valence-corrected chi connectivity index (χ2v) is 7.95. The molecular formula is C18H18ClN3O3S. The van der Waals surface area contributed by atoms with Gasteiger partial charge in [0.1, 0.15) is 0 Å². The van der Waals surface area contributed by atoms with Crippen molar-refractivity contribution in [1.82, 2.24) is 5.32 Å². The first kappa shape index (κ1) is 18.3. The molecule has 3 N–H and O–H groups in total. The molecule has 1 fully saturated rings. The summed E-state index contributed by atoms with van der Waals surface area (Å²) in [6.07, 6.45) is 3.51. The Hall–Kier alpha value is -2.51. The number of anilines is 2. The molecule has 0 spiro atoms. The molecule has 8 heteroatoms. The molecule has 136 valence electrons. The number of hydrogen-bond acceptors (Lipinski definition) is 3. The fourth-order valence-corrected chi connectivity index (χ4v) is 3.14. The van der Waals surface area contributed by atoms with Crippen LogP contribution in [-0.2, 0) is 10.0 Å². The quantitative estimate of drug-likeness (QED) is 0.694. The van der Waals surface area contributed by atoms with Crippen LogP contribution in [0.3, 0.4) is 0 Å². The number of rotatable bonds is 6. The first-order valence-corrected chi connectivity index (χ1v) is 9.96. The summed E-state index contributed by atoms with van der Waals surface area (Å²) in [7, 11) is -3.65. The summed E-state index contributed by atoms with van der Waals surface area (Å²) in [4.78, 5) is 11.7. The van der Waals surface area contributed by atoms with Crippen LogP contribution in [0.25, 0.3) is 6.08 Å². The van der Waals surface area contributed by atoms with Crippen molar-refractivity contribution in [1.29, 1.82) is 0 Å². The van der Waals surface area contributed by atoms with Crippen LogP contribution in [0.1, 0.15) is 18.4 Å². The van der Waals surface area contributed by atoms with Crippen LogP contribution >= 0.6 is 11.6 Å². The second-order valence-electron chi connectivity index (χ2n) is 5.95. The Balaban J connectivity index is 1.58. The molecule has 6 nitrogen and oxygen atoms in total. The van der Waals surface area contributed by atoms with Crippen LogP contribution in [0.15, 0.2) is 53.9 Å². The fraction of sp³-hybridized carbons (Fsp3) is 0.167. The molecule has 0 atom stereocenters. The van der Waals surface area contributed by atoms with Gasteiger partial charge in [-0.05, 0) is 60.9 Å². The number of sulfonamides is 1. The van der Waals surface area contributed by atoms with Gasteiger partial charge in [0.05, 0.1) is 5.41 Å². The Morgan fingerprint density at radius 1 is 1.00 bits per heavy atom. The predicted molar refractivity (Wildman–Crippen MR) is 105 cm³/mol. The molecule has 0 aliphatic heterocycles. The standard InChI is InChI=1S/C18H18ClN3O3S/c19-14-3-1-13(2-4-14)11-12-26(24,25)22-17-9-7-16(8-10-17)21-18(23)20-15-5-6-15/h1-4,7-12,15,22H,5-6H2,(H2,20,21,23)/b12-11+. The summed E-state index contributed by atoms with van der Waals surface area (Å²) >= 11 is 5.80. The first-order valence-electron chi connectivity index (χ1n) is 8.04. The van der Waals surface area contributed by atoms with Gasteiger partial charge in [0.25, 0.3) is 10.0 Å². The lowest BCUT2D eigenvalue weighted by atomic mass is 10.2. The van der Waals surface area contributed by atoms with E-state index >= 15 is 0 Å². The number of urea groups is 1. The molecule has 2 aromatic rings. The van der Waals surface area contributed by atoms with Gasteiger partial charge in [-0.1, -0.05) is 23.7 Å². The molecule has 0 bridgehead atoms. The molecule has 1 aliphatic carbocycles. The summed E-state index contributed by atoms with van der Waals surface area (Å²) in [5.74, 6) is 0. The van der Waals surface area contributed by atoms with E-state index in [1.807, 2.05) is 0 Å². The monoisotopic (exact) mass is 391 g/mol. The van der Waals surface area contributed by atoms with Crippen molar-refractivity contribution in [2.45, 2.75) is 18.9 Å². The number of carbonyl (C=O) groups excluding carboxylic acids is 1. The van der Waals surface area contributed by atoms with Crippen LogP contribution in [0.4, 0.5) is 16.2 Å². The molecule has 26 heavy (non-hydrogen) atoms. The van der Waals surface area contributed by atoms with E-state index in [9.17, 15) is 13.2 Å². The first-order chi connectivity index (χ1) is 12.4. The molecule has 1 aliphatic rings. The van der Waals surface area contributed by atoms with Crippen LogP contribution in [0.2, 0.25) is 5.02 Å². The van der Waals surface area contributed by atoms with Crippen molar-refractivity contribution in [3.8, 4) is 0 Å². The van der Waals surface area contributed by atoms with Gasteiger partial charge >= 0.3 is 6.03 Å². The van der Waals surface area contributed by atoms with Gasteiger partial charge in [0, 0.05) is 22.4 Å². The lowest BCUT2D eigenvalue weighted by Crippen LogP contribution is -2.30. The van der Waals surface area contributed by atoms with Crippen molar-refractivity contribution in [3.05, 3.63) is 64.5 Å². The van der Waals surface area contributed by atoms with Crippen molar-refractivity contribution < 1.29 is 13.2 Å². The zero-order valence-corrected chi connectivity index (χ0v) is 15.3. The lowest BCUT2D eigenvalue weighted by molar-refractivity contribution is 0.251. The van der Waals surface area contributed by atoms with E-state index in [0.717, 1.165) is 23.8 Å². The fourth-order valence-electron chi connectivity index (χ4n) is 2.14. The molecule has 0 aromatic heterocycles. The van der Waals surface area contributed by atoms with E-state index in [-0.39, 0.29) is 12.1 Å². The van der Waals surface area contributed by atoms with Crippen LogP contribution in [-0.4, -0.2) is 20.5 Å². The van der Waals surface area contributed by atoms with Gasteiger partial charge in [-0.25, -0.2) is 13.2 Å². The summed E-state index contributed by atoms with van der Waals surface area (Å²) in [6, 6.07) is 13.3. The van der Waals surface area contributed by atoms with Gasteiger partial charge in [-0.3, -0.25) is 4.72 Å². The third kappa shape index (κ3) is 5.79. The van der Waals surface area contributed by atoms with E-state index in [2.05, 4.69) is 15.4 Å². The number of amides is 2. The summed E-state index contributed by atoms with van der Waals surface area (Å²) in [5, 5.41) is 7.19. The minimum atomic E-state index is -3.65. The highest BCUT2D eigenvalue weighted by Crippen LogP contribution is 2.19.